The number of nitrogens with one attached hydrogen (secondary N) is 1. The van der Waals surface area contributed by atoms with Gasteiger partial charge in [-0.1, -0.05) is 20.8 Å². The quantitative estimate of drug-likeness (QED) is 0.727. The molecule has 1 rings (SSSR count). The van der Waals surface area contributed by atoms with E-state index in [0.29, 0.717) is 17.7 Å². The van der Waals surface area contributed by atoms with Gasteiger partial charge in [-0.25, -0.2) is 0 Å². The number of carbonyl (C=O) groups excluding carboxylic acids is 1. The minimum Gasteiger partial charge on any atom is -0.397 e. The zero-order valence-electron chi connectivity index (χ0n) is 13.6. The van der Waals surface area contributed by atoms with Gasteiger partial charge in [0.05, 0.1) is 11.4 Å². The Hall–Kier alpha value is -1.75. The van der Waals surface area contributed by atoms with Gasteiger partial charge in [-0.05, 0) is 30.0 Å². The van der Waals surface area contributed by atoms with E-state index in [1.165, 1.54) is 4.90 Å². The van der Waals surface area contributed by atoms with Crippen molar-refractivity contribution in [2.24, 2.45) is 5.41 Å². The molecule has 0 saturated heterocycles. The summed E-state index contributed by atoms with van der Waals surface area (Å²) in [5, 5.41) is 12.6. The van der Waals surface area contributed by atoms with Crippen LogP contribution in [-0.4, -0.2) is 42.7 Å². The molecule has 0 saturated carbocycles. The molecule has 0 aliphatic heterocycles. The molecule has 0 bridgehead atoms. The van der Waals surface area contributed by atoms with E-state index in [-0.39, 0.29) is 24.0 Å². The number of nitrogens with zero attached hydrogens (tertiary/aromatic N) is 1. The zero-order valence-corrected chi connectivity index (χ0v) is 13.6. The Morgan fingerprint density at radius 3 is 2.48 bits per heavy atom. The molecule has 5 heteroatoms. The van der Waals surface area contributed by atoms with Gasteiger partial charge in [-0.2, -0.15) is 0 Å². The first-order chi connectivity index (χ1) is 9.66. The van der Waals surface area contributed by atoms with Crippen LogP contribution in [-0.2, 0) is 0 Å². The molecule has 1 atom stereocenters. The predicted molar refractivity (Wildman–Crippen MR) is 87.4 cm³/mol. The van der Waals surface area contributed by atoms with Crippen molar-refractivity contribution >= 4 is 17.3 Å². The van der Waals surface area contributed by atoms with Gasteiger partial charge in [-0.3, -0.25) is 4.79 Å². The van der Waals surface area contributed by atoms with Crippen LogP contribution >= 0.6 is 0 Å². The van der Waals surface area contributed by atoms with Crippen molar-refractivity contribution in [1.82, 2.24) is 4.90 Å². The van der Waals surface area contributed by atoms with Gasteiger partial charge in [-0.15, -0.1) is 0 Å². The molecule has 118 valence electrons. The molecular formula is C16H27N3O2. The van der Waals surface area contributed by atoms with Crippen molar-refractivity contribution in [2.45, 2.75) is 33.2 Å². The highest BCUT2D eigenvalue weighted by atomic mass is 16.3. The molecule has 4 N–H and O–H groups in total. The number of hydrogen-bond donors (Lipinski definition) is 3. The van der Waals surface area contributed by atoms with Gasteiger partial charge in [0.15, 0.2) is 0 Å². The number of hydrogen-bond acceptors (Lipinski definition) is 4. The third kappa shape index (κ3) is 4.63. The molecule has 0 radical (unpaired) electrons. The summed E-state index contributed by atoms with van der Waals surface area (Å²) in [4.78, 5) is 13.6. The van der Waals surface area contributed by atoms with E-state index in [1.54, 1.807) is 32.3 Å². The van der Waals surface area contributed by atoms with Crippen LogP contribution in [0.5, 0.6) is 0 Å². The van der Waals surface area contributed by atoms with Gasteiger partial charge in [0.1, 0.15) is 0 Å². The summed E-state index contributed by atoms with van der Waals surface area (Å²) in [6.45, 7) is 6.41. The van der Waals surface area contributed by atoms with Gasteiger partial charge in [0.25, 0.3) is 5.91 Å². The Morgan fingerprint density at radius 1 is 1.38 bits per heavy atom. The average molecular weight is 293 g/mol. The number of rotatable bonds is 5. The van der Waals surface area contributed by atoms with Crippen LogP contribution in [0.15, 0.2) is 18.2 Å². The summed E-state index contributed by atoms with van der Waals surface area (Å²) in [6.07, 6.45) is 0.620. The standard InChI is InChI=1S/C16H27N3O2/c1-16(2,3)14(8-9-20)18-13-10-11(6-7-12(13)17)15(21)19(4)5/h6-7,10,14,18,20H,8-9,17H2,1-5H3. The number of aliphatic hydroxyl groups is 1. The Morgan fingerprint density at radius 2 is 2.00 bits per heavy atom. The lowest BCUT2D eigenvalue weighted by Gasteiger charge is -2.32. The number of amides is 1. The second-order valence-electron chi connectivity index (χ2n) is 6.58. The van der Waals surface area contributed by atoms with E-state index in [4.69, 9.17) is 5.73 Å². The monoisotopic (exact) mass is 293 g/mol. The number of aliphatic hydroxyl groups excluding tert-OH is 1. The summed E-state index contributed by atoms with van der Waals surface area (Å²) >= 11 is 0. The Bertz CT molecular complexity index is 493. The lowest BCUT2D eigenvalue weighted by molar-refractivity contribution is 0.0827. The minimum absolute atomic E-state index is 0.0310. The molecule has 1 amide bonds. The van der Waals surface area contributed by atoms with Crippen LogP contribution in [0, 0.1) is 5.41 Å². The van der Waals surface area contributed by atoms with Crippen molar-refractivity contribution in [3.63, 3.8) is 0 Å². The van der Waals surface area contributed by atoms with Crippen LogP contribution in [0.4, 0.5) is 11.4 Å². The largest absolute Gasteiger partial charge is 0.397 e. The molecule has 0 fully saturated rings. The fourth-order valence-electron chi connectivity index (χ4n) is 2.11. The third-order valence-corrected chi connectivity index (χ3v) is 3.50. The summed E-state index contributed by atoms with van der Waals surface area (Å²) in [5.74, 6) is -0.0625. The van der Waals surface area contributed by atoms with Crippen molar-refractivity contribution in [2.75, 3.05) is 31.8 Å². The highest BCUT2D eigenvalue weighted by Gasteiger charge is 2.24. The van der Waals surface area contributed by atoms with Gasteiger partial charge in [0, 0.05) is 32.3 Å². The Balaban J connectivity index is 3.06. The lowest BCUT2D eigenvalue weighted by Crippen LogP contribution is -2.35. The number of benzene rings is 1. The second-order valence-corrected chi connectivity index (χ2v) is 6.58. The Labute approximate surface area is 127 Å². The number of nitrogen functional groups attached to an aromatic ring is 1. The smallest absolute Gasteiger partial charge is 0.253 e. The van der Waals surface area contributed by atoms with Crippen LogP contribution in [0.3, 0.4) is 0 Å². The molecule has 5 nitrogen and oxygen atoms in total. The first kappa shape index (κ1) is 17.3. The topological polar surface area (TPSA) is 78.6 Å². The van der Waals surface area contributed by atoms with E-state index in [9.17, 15) is 9.90 Å². The van der Waals surface area contributed by atoms with Crippen molar-refractivity contribution in [1.29, 1.82) is 0 Å². The first-order valence-corrected chi connectivity index (χ1v) is 7.15. The SMILES string of the molecule is CN(C)C(=O)c1ccc(N)c(NC(CCO)C(C)(C)C)c1. The van der Waals surface area contributed by atoms with Gasteiger partial charge < -0.3 is 21.1 Å². The summed E-state index contributed by atoms with van der Waals surface area (Å²) < 4.78 is 0. The van der Waals surface area contributed by atoms with E-state index < -0.39 is 0 Å². The van der Waals surface area contributed by atoms with Crippen LogP contribution in [0.1, 0.15) is 37.6 Å². The lowest BCUT2D eigenvalue weighted by atomic mass is 9.84. The van der Waals surface area contributed by atoms with Crippen LogP contribution in [0.25, 0.3) is 0 Å². The summed E-state index contributed by atoms with van der Waals surface area (Å²) in [7, 11) is 3.44. The maximum atomic E-state index is 12.0. The highest BCUT2D eigenvalue weighted by Crippen LogP contribution is 2.29. The molecule has 0 spiro atoms. The molecular weight excluding hydrogens is 266 g/mol. The number of carbonyl (C=O) groups is 1. The average Bonchev–Trinajstić information content (AvgIpc) is 2.38. The molecule has 21 heavy (non-hydrogen) atoms. The molecule has 0 heterocycles. The molecule has 1 aromatic rings. The van der Waals surface area contributed by atoms with Crippen LogP contribution < -0.4 is 11.1 Å². The van der Waals surface area contributed by atoms with Crippen molar-refractivity contribution < 1.29 is 9.90 Å². The maximum Gasteiger partial charge on any atom is 0.253 e. The van der Waals surface area contributed by atoms with Gasteiger partial charge >= 0.3 is 0 Å². The third-order valence-electron chi connectivity index (χ3n) is 3.50. The number of anilines is 2. The second kappa shape index (κ2) is 6.80. The summed E-state index contributed by atoms with van der Waals surface area (Å²) in [5.41, 5.74) is 7.89. The van der Waals surface area contributed by atoms with Gasteiger partial charge in [0.2, 0.25) is 0 Å². The fraction of sp³-hybridized carbons (Fsp3) is 0.562. The minimum atomic E-state index is -0.0625. The van der Waals surface area contributed by atoms with Crippen LogP contribution in [0.2, 0.25) is 0 Å². The number of nitrogens with two attached hydrogens (primary N) is 1. The first-order valence-electron chi connectivity index (χ1n) is 7.15. The maximum absolute atomic E-state index is 12.0. The molecule has 0 aromatic heterocycles. The molecule has 1 aromatic carbocycles. The van der Waals surface area contributed by atoms with E-state index in [0.717, 1.165) is 5.69 Å². The molecule has 1 unspecified atom stereocenters. The van der Waals surface area contributed by atoms with E-state index in [2.05, 4.69) is 26.1 Å². The predicted octanol–water partition coefficient (Wildman–Crippen LogP) is 2.18. The zero-order chi connectivity index (χ0) is 16.2. The van der Waals surface area contributed by atoms with Crippen molar-refractivity contribution in [3.05, 3.63) is 23.8 Å². The van der Waals surface area contributed by atoms with E-state index in [1.807, 2.05) is 0 Å². The Kier molecular flexibility index (Phi) is 5.61. The van der Waals surface area contributed by atoms with Crippen molar-refractivity contribution in [3.8, 4) is 0 Å². The molecule has 0 aliphatic rings. The fourth-order valence-corrected chi connectivity index (χ4v) is 2.11. The highest BCUT2D eigenvalue weighted by molar-refractivity contribution is 5.95. The van der Waals surface area contributed by atoms with E-state index >= 15 is 0 Å². The summed E-state index contributed by atoms with van der Waals surface area (Å²) in [6, 6.07) is 5.29. The normalized spacial score (nSPS) is 12.9. The molecule has 0 aliphatic carbocycles.